The molecule has 12 heteroatoms. The van der Waals surface area contributed by atoms with E-state index in [4.69, 9.17) is 19.4 Å². The quantitative estimate of drug-likeness (QED) is 0.264. The molecule has 4 aromatic heterocycles. The minimum absolute atomic E-state index is 0.195. The largest absolute Gasteiger partial charge is 0.388 e. The Balaban J connectivity index is 1.30. The molecular weight excluding hydrogens is 560 g/mol. The van der Waals surface area contributed by atoms with E-state index in [9.17, 15) is 9.90 Å². The number of carbonyl (C=O) groups is 1. The van der Waals surface area contributed by atoms with Crippen LogP contribution in [0.1, 0.15) is 15.9 Å². The Morgan fingerprint density at radius 1 is 1.07 bits per heavy atom. The van der Waals surface area contributed by atoms with E-state index in [1.165, 1.54) is 6.20 Å². The van der Waals surface area contributed by atoms with Crippen LogP contribution in [0.4, 0.5) is 5.82 Å². The number of ether oxygens (including phenoxy) is 2. The van der Waals surface area contributed by atoms with E-state index >= 15 is 0 Å². The molecule has 2 aliphatic heterocycles. The molecule has 2 atom stereocenters. The van der Waals surface area contributed by atoms with Gasteiger partial charge in [-0.15, -0.1) is 0 Å². The van der Waals surface area contributed by atoms with Crippen LogP contribution in [-0.4, -0.2) is 105 Å². The first kappa shape index (κ1) is 28.4. The second-order valence-electron chi connectivity index (χ2n) is 11.4. The van der Waals surface area contributed by atoms with Gasteiger partial charge in [0.1, 0.15) is 17.0 Å². The van der Waals surface area contributed by atoms with Crippen LogP contribution < -0.4 is 10.2 Å². The van der Waals surface area contributed by atoms with Crippen LogP contribution in [0, 0.1) is 0 Å². The minimum atomic E-state index is -0.757. The van der Waals surface area contributed by atoms with Gasteiger partial charge in [-0.25, -0.2) is 9.97 Å². The van der Waals surface area contributed by atoms with Gasteiger partial charge in [-0.2, -0.15) is 9.61 Å². The van der Waals surface area contributed by atoms with Crippen LogP contribution in [-0.2, 0) is 22.6 Å². The van der Waals surface area contributed by atoms with E-state index in [1.54, 1.807) is 4.52 Å². The summed E-state index contributed by atoms with van der Waals surface area (Å²) in [4.78, 5) is 27.8. The number of rotatable bonds is 9. The number of pyridine rings is 1. The first-order valence-electron chi connectivity index (χ1n) is 15.0. The van der Waals surface area contributed by atoms with Crippen LogP contribution in [0.15, 0.2) is 67.1 Å². The molecule has 7 rings (SSSR count). The third-order valence-corrected chi connectivity index (χ3v) is 8.39. The number of nitrogens with zero attached hydrogens (tertiary/aromatic N) is 7. The molecule has 5 aromatic rings. The third kappa shape index (κ3) is 5.64. The van der Waals surface area contributed by atoms with Gasteiger partial charge in [0.25, 0.3) is 5.91 Å². The highest BCUT2D eigenvalue weighted by molar-refractivity contribution is 6.01. The zero-order valence-corrected chi connectivity index (χ0v) is 24.7. The number of amides is 1. The summed E-state index contributed by atoms with van der Waals surface area (Å²) in [7, 11) is 2.01. The second kappa shape index (κ2) is 12.3. The van der Waals surface area contributed by atoms with Gasteiger partial charge in [-0.05, 0) is 17.7 Å². The van der Waals surface area contributed by atoms with Gasteiger partial charge in [0.2, 0.25) is 0 Å². The van der Waals surface area contributed by atoms with Gasteiger partial charge in [-0.1, -0.05) is 30.3 Å². The normalized spacial score (nSPS) is 19.1. The lowest BCUT2D eigenvalue weighted by molar-refractivity contribution is 0.0365. The van der Waals surface area contributed by atoms with Crippen LogP contribution in [0.2, 0.25) is 0 Å². The van der Waals surface area contributed by atoms with E-state index in [-0.39, 0.29) is 19.1 Å². The maximum atomic E-state index is 13.5. The first-order chi connectivity index (χ1) is 21.5. The van der Waals surface area contributed by atoms with Gasteiger partial charge in [0.15, 0.2) is 5.65 Å². The maximum absolute atomic E-state index is 13.5. The highest BCUT2D eigenvalue weighted by Crippen LogP contribution is 2.32. The van der Waals surface area contributed by atoms with Crippen LogP contribution in [0.5, 0.6) is 0 Å². The van der Waals surface area contributed by atoms with Gasteiger partial charge in [0, 0.05) is 69.2 Å². The van der Waals surface area contributed by atoms with E-state index in [0.717, 1.165) is 67.4 Å². The summed E-state index contributed by atoms with van der Waals surface area (Å²) in [5.41, 5.74) is 4.44. The molecule has 2 N–H and O–H groups in total. The molecule has 0 saturated carbocycles. The summed E-state index contributed by atoms with van der Waals surface area (Å²) in [6, 6.07) is 15.7. The number of hydrogen-bond donors (Lipinski definition) is 2. The molecule has 1 aromatic carbocycles. The van der Waals surface area contributed by atoms with Gasteiger partial charge >= 0.3 is 0 Å². The fourth-order valence-corrected chi connectivity index (χ4v) is 5.95. The molecule has 0 radical (unpaired) electrons. The van der Waals surface area contributed by atoms with Crippen molar-refractivity contribution in [3.05, 3.63) is 78.2 Å². The zero-order valence-electron chi connectivity index (χ0n) is 24.7. The van der Waals surface area contributed by atoms with Crippen molar-refractivity contribution in [1.82, 2.24) is 34.4 Å². The Labute approximate surface area is 254 Å². The molecule has 0 spiro atoms. The van der Waals surface area contributed by atoms with Crippen molar-refractivity contribution < 1.29 is 19.4 Å². The lowest BCUT2D eigenvalue weighted by Gasteiger charge is -2.26. The number of aliphatic hydroxyl groups is 1. The molecule has 2 fully saturated rings. The Bertz CT molecular complexity index is 1760. The average molecular weight is 597 g/mol. The number of aromatic nitrogens is 5. The zero-order chi connectivity index (χ0) is 30.0. The van der Waals surface area contributed by atoms with Crippen molar-refractivity contribution in [2.24, 2.45) is 0 Å². The number of aliphatic hydroxyl groups excluding tert-OH is 1. The fraction of sp³-hybridized carbons (Fsp3) is 0.375. The predicted molar refractivity (Wildman–Crippen MR) is 166 cm³/mol. The Kier molecular flexibility index (Phi) is 7.96. The number of anilines is 1. The molecule has 44 heavy (non-hydrogen) atoms. The van der Waals surface area contributed by atoms with Crippen LogP contribution in [0.25, 0.3) is 27.9 Å². The highest BCUT2D eigenvalue weighted by Gasteiger charge is 2.29. The predicted octanol–water partition coefficient (Wildman–Crippen LogP) is 2.20. The van der Waals surface area contributed by atoms with E-state index < -0.39 is 12.1 Å². The lowest BCUT2D eigenvalue weighted by Crippen LogP contribution is -2.42. The van der Waals surface area contributed by atoms with Crippen molar-refractivity contribution in [1.29, 1.82) is 0 Å². The molecule has 2 aliphatic rings. The molecule has 228 valence electrons. The molecule has 12 nitrogen and oxygen atoms in total. The molecule has 6 heterocycles. The van der Waals surface area contributed by atoms with Crippen molar-refractivity contribution in [3.8, 4) is 11.3 Å². The van der Waals surface area contributed by atoms with E-state index in [0.29, 0.717) is 23.4 Å². The number of morpholine rings is 1. The summed E-state index contributed by atoms with van der Waals surface area (Å²) in [5, 5.41) is 18.7. The van der Waals surface area contributed by atoms with Crippen molar-refractivity contribution in [2.45, 2.75) is 25.2 Å². The highest BCUT2D eigenvalue weighted by atomic mass is 16.5. The van der Waals surface area contributed by atoms with Crippen LogP contribution in [0.3, 0.4) is 0 Å². The smallest absolute Gasteiger partial charge is 0.257 e. The molecular formula is C32H36N8O4. The number of hydrogen-bond acceptors (Lipinski definition) is 9. The third-order valence-electron chi connectivity index (χ3n) is 8.39. The molecule has 0 aliphatic carbocycles. The fourth-order valence-electron chi connectivity index (χ4n) is 5.95. The van der Waals surface area contributed by atoms with E-state index in [2.05, 4.69) is 49.2 Å². The standard InChI is InChI=1S/C32H36N8O4/c1-37(18-22-6-3-2-4-7-22)29-16-26(35-31-24(17-34-40(29)31)32(42)36-27-20-44-21-28(27)41)25-19-39(30-23(25)8-5-9-33-30)11-10-38-12-14-43-15-13-38/h2-9,16-17,19,27-28,41H,10-15,18,20-21H2,1H3,(H,36,42)/t27?,28-/m1/s1. The summed E-state index contributed by atoms with van der Waals surface area (Å²) in [5.74, 6) is 0.431. The van der Waals surface area contributed by atoms with E-state index in [1.807, 2.05) is 43.6 Å². The lowest BCUT2D eigenvalue weighted by atomic mass is 10.1. The Morgan fingerprint density at radius 2 is 1.91 bits per heavy atom. The number of carbonyl (C=O) groups excluding carboxylic acids is 1. The van der Waals surface area contributed by atoms with Gasteiger partial charge in [-0.3, -0.25) is 9.69 Å². The second-order valence-corrected chi connectivity index (χ2v) is 11.4. The number of fused-ring (bicyclic) bond motifs is 2. The maximum Gasteiger partial charge on any atom is 0.257 e. The monoisotopic (exact) mass is 596 g/mol. The number of nitrogens with one attached hydrogen (secondary N) is 1. The Morgan fingerprint density at radius 3 is 2.70 bits per heavy atom. The van der Waals surface area contributed by atoms with Crippen molar-refractivity contribution in [3.63, 3.8) is 0 Å². The minimum Gasteiger partial charge on any atom is -0.388 e. The molecule has 1 amide bonds. The summed E-state index contributed by atoms with van der Waals surface area (Å²) in [6.45, 7) is 6.12. The SMILES string of the molecule is CN(Cc1ccccc1)c1cc(-c2cn(CCN3CCOCC3)c3ncccc23)nc2c(C(=O)NC3COC[C@H]3O)cnn12. The first-order valence-corrected chi connectivity index (χ1v) is 15.0. The molecule has 0 bridgehead atoms. The van der Waals surface area contributed by atoms with Crippen molar-refractivity contribution in [2.75, 3.05) is 58.0 Å². The molecule has 2 saturated heterocycles. The summed E-state index contributed by atoms with van der Waals surface area (Å²) in [6.07, 6.45) is 4.71. The molecule has 1 unspecified atom stereocenters. The Hall–Kier alpha value is -4.36. The number of benzene rings is 1. The average Bonchev–Trinajstić information content (AvgIpc) is 3.77. The van der Waals surface area contributed by atoms with Crippen molar-refractivity contribution >= 4 is 28.4 Å². The van der Waals surface area contributed by atoms with Crippen LogP contribution >= 0.6 is 0 Å². The summed E-state index contributed by atoms with van der Waals surface area (Å²) < 4.78 is 14.7. The topological polar surface area (TPSA) is 122 Å². The summed E-state index contributed by atoms with van der Waals surface area (Å²) >= 11 is 0. The van der Waals surface area contributed by atoms with Gasteiger partial charge in [0.05, 0.1) is 50.5 Å². The van der Waals surface area contributed by atoms with Gasteiger partial charge < -0.3 is 29.4 Å².